The number of nitrogens with one attached hydrogen (secondary N) is 1. The normalized spacial score (nSPS) is 17.0. The van der Waals surface area contributed by atoms with Crippen LogP contribution in [0, 0.1) is 0 Å². The Morgan fingerprint density at radius 3 is 2.23 bits per heavy atom. The fourth-order valence-electron chi connectivity index (χ4n) is 5.09. The van der Waals surface area contributed by atoms with E-state index in [0.717, 1.165) is 16.3 Å². The number of aliphatic hydroxyl groups is 1. The van der Waals surface area contributed by atoms with Crippen molar-refractivity contribution in [1.82, 2.24) is 0 Å². The highest BCUT2D eigenvalue weighted by Gasteiger charge is 2.47. The number of benzene rings is 4. The van der Waals surface area contributed by atoms with Gasteiger partial charge in [-0.05, 0) is 45.5 Å². The van der Waals surface area contributed by atoms with E-state index in [1.54, 1.807) is 30.3 Å². The van der Waals surface area contributed by atoms with Crippen molar-refractivity contribution < 1.29 is 19.5 Å². The monoisotopic (exact) mass is 518 g/mol. The lowest BCUT2D eigenvalue weighted by Crippen LogP contribution is -2.29. The molecule has 0 bridgehead atoms. The van der Waals surface area contributed by atoms with Crippen LogP contribution in [-0.2, 0) is 19.8 Å². The standard InChI is InChI=1S/C33H30N2O4/c1-20(36)34-24-11-8-12-25(19-24)35-29(22-15-17-23(18-16-22)33(2,3)4)28(31(38)32(35)39)30(37)27-14-7-10-21-9-5-6-13-26(21)27/h5-19,29,37H,1-4H3,(H,34,36)/b30-28-. The van der Waals surface area contributed by atoms with Crippen molar-refractivity contribution in [3.05, 3.63) is 113 Å². The molecule has 1 saturated heterocycles. The van der Waals surface area contributed by atoms with Gasteiger partial charge in [-0.2, -0.15) is 0 Å². The number of hydrogen-bond donors (Lipinski definition) is 2. The first kappa shape index (κ1) is 25.9. The number of aliphatic hydroxyl groups excluding tert-OH is 1. The van der Waals surface area contributed by atoms with E-state index in [9.17, 15) is 19.5 Å². The Kier molecular flexibility index (Phi) is 6.56. The van der Waals surface area contributed by atoms with Gasteiger partial charge < -0.3 is 10.4 Å². The molecule has 0 spiro atoms. The summed E-state index contributed by atoms with van der Waals surface area (Å²) in [4.78, 5) is 40.3. The predicted octanol–water partition coefficient (Wildman–Crippen LogP) is 6.72. The van der Waals surface area contributed by atoms with Crippen LogP contribution in [0.5, 0.6) is 0 Å². The molecule has 2 amide bonds. The lowest BCUT2D eigenvalue weighted by Gasteiger charge is -2.27. The third-order valence-electron chi connectivity index (χ3n) is 7.03. The van der Waals surface area contributed by atoms with Crippen LogP contribution in [0.25, 0.3) is 16.5 Å². The van der Waals surface area contributed by atoms with Crippen LogP contribution in [0.3, 0.4) is 0 Å². The molecule has 0 aromatic heterocycles. The van der Waals surface area contributed by atoms with Gasteiger partial charge in [-0.25, -0.2) is 0 Å². The summed E-state index contributed by atoms with van der Waals surface area (Å²) in [6.45, 7) is 7.74. The second-order valence-corrected chi connectivity index (χ2v) is 10.8. The smallest absolute Gasteiger partial charge is 0.300 e. The van der Waals surface area contributed by atoms with Crippen LogP contribution in [0.4, 0.5) is 11.4 Å². The van der Waals surface area contributed by atoms with Crippen molar-refractivity contribution in [1.29, 1.82) is 0 Å². The molecule has 1 heterocycles. The first-order valence-electron chi connectivity index (χ1n) is 12.8. The van der Waals surface area contributed by atoms with Crippen molar-refractivity contribution in [3.8, 4) is 0 Å². The summed E-state index contributed by atoms with van der Waals surface area (Å²) in [5.41, 5.74) is 3.14. The van der Waals surface area contributed by atoms with E-state index in [4.69, 9.17) is 0 Å². The molecule has 0 aliphatic carbocycles. The van der Waals surface area contributed by atoms with Gasteiger partial charge in [-0.15, -0.1) is 0 Å². The van der Waals surface area contributed by atoms with E-state index < -0.39 is 17.7 Å². The number of rotatable bonds is 4. The van der Waals surface area contributed by atoms with Crippen LogP contribution in [0.15, 0.2) is 96.6 Å². The van der Waals surface area contributed by atoms with Crippen LogP contribution < -0.4 is 10.2 Å². The molecule has 1 atom stereocenters. The lowest BCUT2D eigenvalue weighted by molar-refractivity contribution is -0.132. The highest BCUT2D eigenvalue weighted by molar-refractivity contribution is 6.51. The number of fused-ring (bicyclic) bond motifs is 1. The fraction of sp³-hybridized carbons (Fsp3) is 0.182. The van der Waals surface area contributed by atoms with Crippen LogP contribution in [-0.4, -0.2) is 22.7 Å². The molecule has 39 heavy (non-hydrogen) atoms. The van der Waals surface area contributed by atoms with Gasteiger partial charge >= 0.3 is 0 Å². The zero-order chi connectivity index (χ0) is 27.9. The summed E-state index contributed by atoms with van der Waals surface area (Å²) in [7, 11) is 0. The SMILES string of the molecule is CC(=O)Nc1cccc(N2C(=O)C(=O)/C(=C(\O)c3cccc4ccccc34)C2c2ccc(C(C)(C)C)cc2)c1. The molecule has 0 radical (unpaired) electrons. The van der Waals surface area contributed by atoms with E-state index in [1.807, 2.05) is 60.7 Å². The number of carbonyl (C=O) groups is 3. The van der Waals surface area contributed by atoms with E-state index in [0.29, 0.717) is 22.5 Å². The first-order valence-corrected chi connectivity index (χ1v) is 12.8. The van der Waals surface area contributed by atoms with E-state index in [-0.39, 0.29) is 22.7 Å². The first-order chi connectivity index (χ1) is 18.6. The van der Waals surface area contributed by atoms with Gasteiger partial charge in [0, 0.05) is 23.9 Å². The molecule has 6 heteroatoms. The number of ketones is 1. The van der Waals surface area contributed by atoms with Crippen molar-refractivity contribution >= 4 is 45.5 Å². The Balaban J connectivity index is 1.74. The average molecular weight is 519 g/mol. The van der Waals surface area contributed by atoms with Crippen LogP contribution in [0.1, 0.15) is 50.4 Å². The fourth-order valence-corrected chi connectivity index (χ4v) is 5.09. The molecule has 1 aliphatic heterocycles. The quantitative estimate of drug-likeness (QED) is 0.178. The molecule has 1 aliphatic rings. The average Bonchev–Trinajstić information content (AvgIpc) is 3.17. The minimum Gasteiger partial charge on any atom is -0.507 e. The summed E-state index contributed by atoms with van der Waals surface area (Å²) < 4.78 is 0. The number of Topliss-reactive ketones (excluding diaryl/α,β-unsaturated/α-hetero) is 1. The maximum Gasteiger partial charge on any atom is 0.300 e. The Labute approximate surface area is 227 Å². The highest BCUT2D eigenvalue weighted by atomic mass is 16.3. The number of amides is 2. The molecule has 6 nitrogen and oxygen atoms in total. The zero-order valence-electron chi connectivity index (χ0n) is 22.4. The Hall–Kier alpha value is -4.71. The van der Waals surface area contributed by atoms with Gasteiger partial charge in [0.25, 0.3) is 11.7 Å². The molecule has 196 valence electrons. The molecule has 4 aromatic carbocycles. The largest absolute Gasteiger partial charge is 0.507 e. The summed E-state index contributed by atoms with van der Waals surface area (Å²) in [6.07, 6.45) is 0. The summed E-state index contributed by atoms with van der Waals surface area (Å²) in [5, 5.41) is 16.1. The second kappa shape index (κ2) is 9.87. The lowest BCUT2D eigenvalue weighted by atomic mass is 9.85. The predicted molar refractivity (Wildman–Crippen MR) is 155 cm³/mol. The minimum atomic E-state index is -0.870. The van der Waals surface area contributed by atoms with Crippen molar-refractivity contribution in [2.24, 2.45) is 0 Å². The second-order valence-electron chi connectivity index (χ2n) is 10.8. The zero-order valence-corrected chi connectivity index (χ0v) is 22.4. The summed E-state index contributed by atoms with van der Waals surface area (Å²) >= 11 is 0. The number of nitrogens with zero attached hydrogens (tertiary/aromatic N) is 1. The Morgan fingerprint density at radius 2 is 1.54 bits per heavy atom. The Morgan fingerprint density at radius 1 is 0.872 bits per heavy atom. The topological polar surface area (TPSA) is 86.7 Å². The van der Waals surface area contributed by atoms with Gasteiger partial charge in [-0.1, -0.05) is 93.6 Å². The van der Waals surface area contributed by atoms with E-state index in [2.05, 4.69) is 26.1 Å². The van der Waals surface area contributed by atoms with Crippen molar-refractivity contribution in [3.63, 3.8) is 0 Å². The van der Waals surface area contributed by atoms with Gasteiger partial charge in [0.1, 0.15) is 5.76 Å². The maximum absolute atomic E-state index is 13.6. The van der Waals surface area contributed by atoms with E-state index >= 15 is 0 Å². The molecule has 4 aromatic rings. The molecule has 1 unspecified atom stereocenters. The van der Waals surface area contributed by atoms with Crippen LogP contribution in [0.2, 0.25) is 0 Å². The number of hydrogen-bond acceptors (Lipinski definition) is 4. The highest BCUT2D eigenvalue weighted by Crippen LogP contribution is 2.43. The molecular formula is C33H30N2O4. The molecule has 5 rings (SSSR count). The van der Waals surface area contributed by atoms with Crippen molar-refractivity contribution in [2.75, 3.05) is 10.2 Å². The molecular weight excluding hydrogens is 488 g/mol. The van der Waals surface area contributed by atoms with Gasteiger partial charge in [0.2, 0.25) is 5.91 Å². The summed E-state index contributed by atoms with van der Waals surface area (Å²) in [6, 6.07) is 26.8. The number of carbonyl (C=O) groups excluding carboxylic acids is 3. The summed E-state index contributed by atoms with van der Waals surface area (Å²) in [5.74, 6) is -1.99. The number of anilines is 2. The van der Waals surface area contributed by atoms with Crippen molar-refractivity contribution in [2.45, 2.75) is 39.2 Å². The maximum atomic E-state index is 13.6. The van der Waals surface area contributed by atoms with Crippen LogP contribution >= 0.6 is 0 Å². The van der Waals surface area contributed by atoms with Gasteiger partial charge in [-0.3, -0.25) is 19.3 Å². The third kappa shape index (κ3) is 4.81. The molecule has 1 fully saturated rings. The molecule has 2 N–H and O–H groups in total. The van der Waals surface area contributed by atoms with E-state index in [1.165, 1.54) is 11.8 Å². The Bertz CT molecular complexity index is 1640. The third-order valence-corrected chi connectivity index (χ3v) is 7.03. The van der Waals surface area contributed by atoms with Gasteiger partial charge in [0.05, 0.1) is 11.6 Å². The molecule has 0 saturated carbocycles. The van der Waals surface area contributed by atoms with Gasteiger partial charge in [0.15, 0.2) is 0 Å². The minimum absolute atomic E-state index is 0.0183.